The minimum absolute atomic E-state index is 0.504. The van der Waals surface area contributed by atoms with Crippen LogP contribution < -0.4 is 0 Å². The first-order valence-electron chi connectivity index (χ1n) is 9.69. The molecular formula is C20H33NO6Si2. The summed E-state index contributed by atoms with van der Waals surface area (Å²) in [6.45, 7) is 14.1. The molecule has 7 nitrogen and oxygen atoms in total. The summed E-state index contributed by atoms with van der Waals surface area (Å²) >= 11 is 0. The summed E-state index contributed by atoms with van der Waals surface area (Å²) in [5, 5.41) is 1.41. The largest absolute Gasteiger partial charge is 0.468 e. The van der Waals surface area contributed by atoms with E-state index in [4.69, 9.17) is 18.5 Å². The number of esters is 2. The third-order valence-electron chi connectivity index (χ3n) is 4.60. The zero-order valence-corrected chi connectivity index (χ0v) is 20.9. The van der Waals surface area contributed by atoms with E-state index in [2.05, 4.69) is 0 Å². The fraction of sp³-hybridized carbons (Fsp3) is 0.600. The van der Waals surface area contributed by atoms with Crippen LogP contribution in [0.1, 0.15) is 17.0 Å². The smallest absolute Gasteiger partial charge is 0.325 e. The standard InChI is InChI=1S/C20H33NO6Si2/c1-14-10-12-15(13-11-14)16-17(20(16,18(22)24-2)19(23)25-3)21(26-28(4,5)6)27-29(7,8)9/h10-13,16-17H,1-9H3/t16-,17-/m0/s1. The summed E-state index contributed by atoms with van der Waals surface area (Å²) in [5.41, 5.74) is 0.374. The molecule has 0 N–H and O–H groups in total. The van der Waals surface area contributed by atoms with Crippen LogP contribution in [0.15, 0.2) is 24.3 Å². The van der Waals surface area contributed by atoms with E-state index in [-0.39, 0.29) is 0 Å². The Balaban J connectivity index is 2.61. The average molecular weight is 440 g/mol. The van der Waals surface area contributed by atoms with Crippen LogP contribution in [0.25, 0.3) is 0 Å². The molecule has 0 spiro atoms. The van der Waals surface area contributed by atoms with Crippen molar-refractivity contribution in [3.05, 3.63) is 35.4 Å². The lowest BCUT2D eigenvalue weighted by Gasteiger charge is -2.34. The maximum absolute atomic E-state index is 13.0. The van der Waals surface area contributed by atoms with Gasteiger partial charge in [0.25, 0.3) is 0 Å². The monoisotopic (exact) mass is 439 g/mol. The highest BCUT2D eigenvalue weighted by molar-refractivity contribution is 6.70. The second-order valence-corrected chi connectivity index (χ2v) is 18.2. The van der Waals surface area contributed by atoms with Gasteiger partial charge in [0.2, 0.25) is 16.6 Å². The maximum Gasteiger partial charge on any atom is 0.325 e. The van der Waals surface area contributed by atoms with Gasteiger partial charge < -0.3 is 18.5 Å². The van der Waals surface area contributed by atoms with Crippen molar-refractivity contribution in [1.82, 2.24) is 5.23 Å². The molecule has 1 aromatic carbocycles. The Bertz CT molecular complexity index is 722. The zero-order chi connectivity index (χ0) is 22.2. The number of nitrogens with zero attached hydrogens (tertiary/aromatic N) is 1. The number of benzene rings is 1. The lowest BCUT2D eigenvalue weighted by molar-refractivity contribution is -0.285. The average Bonchev–Trinajstić information content (AvgIpc) is 3.29. The highest BCUT2D eigenvalue weighted by Gasteiger charge is 2.80. The topological polar surface area (TPSA) is 74.3 Å². The Morgan fingerprint density at radius 2 is 1.28 bits per heavy atom. The Morgan fingerprint density at radius 3 is 1.62 bits per heavy atom. The zero-order valence-electron chi connectivity index (χ0n) is 18.9. The quantitative estimate of drug-likeness (QED) is 0.265. The lowest BCUT2D eigenvalue weighted by atomic mass is 9.98. The van der Waals surface area contributed by atoms with E-state index in [9.17, 15) is 9.59 Å². The molecule has 0 aliphatic heterocycles. The predicted octanol–water partition coefficient (Wildman–Crippen LogP) is 3.63. The van der Waals surface area contributed by atoms with Gasteiger partial charge in [0.1, 0.15) is 0 Å². The SMILES string of the molecule is COC(=O)C1(C(=O)OC)[C@@H](N(O[Si](C)(C)C)O[Si](C)(C)C)[C@@H]1c1ccc(C)cc1. The molecule has 0 amide bonds. The Hall–Kier alpha value is -1.53. The number of hydrogen-bond donors (Lipinski definition) is 0. The van der Waals surface area contributed by atoms with Crippen molar-refractivity contribution >= 4 is 28.6 Å². The van der Waals surface area contributed by atoms with Crippen molar-refractivity contribution < 1.29 is 28.1 Å². The molecule has 2 atom stereocenters. The second kappa shape index (κ2) is 8.31. The molecule has 1 aromatic rings. The molecule has 2 rings (SSSR count). The first-order chi connectivity index (χ1) is 13.3. The normalized spacial score (nSPS) is 21.0. The minimum Gasteiger partial charge on any atom is -0.468 e. The number of rotatable bonds is 8. The lowest BCUT2D eigenvalue weighted by Crippen LogP contribution is -2.48. The summed E-state index contributed by atoms with van der Waals surface area (Å²) in [5.74, 6) is -1.80. The first kappa shape index (κ1) is 23.7. The second-order valence-electron chi connectivity index (χ2n) is 9.38. The summed E-state index contributed by atoms with van der Waals surface area (Å²) in [6.07, 6.45) is 0. The minimum atomic E-state index is -2.12. The van der Waals surface area contributed by atoms with Crippen molar-refractivity contribution in [1.29, 1.82) is 0 Å². The van der Waals surface area contributed by atoms with Gasteiger partial charge in [-0.3, -0.25) is 9.59 Å². The van der Waals surface area contributed by atoms with Gasteiger partial charge in [0.15, 0.2) is 5.41 Å². The van der Waals surface area contributed by atoms with Crippen LogP contribution in [0.5, 0.6) is 0 Å². The van der Waals surface area contributed by atoms with Crippen LogP contribution in [-0.4, -0.2) is 54.1 Å². The van der Waals surface area contributed by atoms with Gasteiger partial charge in [0.05, 0.1) is 20.3 Å². The first-order valence-corrected chi connectivity index (χ1v) is 16.5. The molecule has 0 unspecified atom stereocenters. The van der Waals surface area contributed by atoms with Crippen LogP contribution in [0, 0.1) is 12.3 Å². The molecule has 29 heavy (non-hydrogen) atoms. The van der Waals surface area contributed by atoms with Gasteiger partial charge in [-0.25, -0.2) is 0 Å². The molecule has 162 valence electrons. The highest BCUT2D eigenvalue weighted by Crippen LogP contribution is 2.64. The molecule has 1 saturated carbocycles. The van der Waals surface area contributed by atoms with Crippen molar-refractivity contribution in [3.63, 3.8) is 0 Å². The van der Waals surface area contributed by atoms with Crippen LogP contribution >= 0.6 is 0 Å². The van der Waals surface area contributed by atoms with Gasteiger partial charge in [-0.2, -0.15) is 0 Å². The molecule has 1 fully saturated rings. The van der Waals surface area contributed by atoms with E-state index in [1.165, 1.54) is 19.4 Å². The molecule has 0 heterocycles. The summed E-state index contributed by atoms with van der Waals surface area (Å²) in [7, 11) is -1.68. The fourth-order valence-electron chi connectivity index (χ4n) is 3.47. The van der Waals surface area contributed by atoms with Crippen molar-refractivity contribution in [3.8, 4) is 0 Å². The summed E-state index contributed by atoms with van der Waals surface area (Å²) in [6, 6.07) is 7.06. The third-order valence-corrected chi connectivity index (χ3v) is 6.06. The maximum atomic E-state index is 13.0. The number of ether oxygens (including phenoxy) is 2. The molecule has 1 aliphatic carbocycles. The summed E-state index contributed by atoms with van der Waals surface area (Å²) in [4.78, 5) is 25.9. The Morgan fingerprint density at radius 1 is 0.862 bits per heavy atom. The number of methoxy groups -OCH3 is 2. The number of aryl methyl sites for hydroxylation is 1. The molecular weight excluding hydrogens is 406 g/mol. The number of hydrogen-bond acceptors (Lipinski definition) is 7. The molecule has 0 aromatic heterocycles. The van der Waals surface area contributed by atoms with E-state index >= 15 is 0 Å². The molecule has 9 heteroatoms. The summed E-state index contributed by atoms with van der Waals surface area (Å²) < 4.78 is 22.6. The van der Waals surface area contributed by atoms with Crippen LogP contribution in [0.4, 0.5) is 0 Å². The van der Waals surface area contributed by atoms with E-state index in [0.717, 1.165) is 11.1 Å². The van der Waals surface area contributed by atoms with E-state index < -0.39 is 45.9 Å². The van der Waals surface area contributed by atoms with Crippen LogP contribution in [0.3, 0.4) is 0 Å². The number of hydroxylamine groups is 2. The van der Waals surface area contributed by atoms with E-state index in [0.29, 0.717) is 0 Å². The van der Waals surface area contributed by atoms with Gasteiger partial charge >= 0.3 is 11.9 Å². The Labute approximate surface area is 175 Å². The Kier molecular flexibility index (Phi) is 6.80. The van der Waals surface area contributed by atoms with E-state index in [1.807, 2.05) is 70.5 Å². The van der Waals surface area contributed by atoms with Crippen LogP contribution in [-0.2, 0) is 28.1 Å². The van der Waals surface area contributed by atoms with Gasteiger partial charge in [0, 0.05) is 5.92 Å². The molecule has 1 aliphatic rings. The van der Waals surface area contributed by atoms with Crippen molar-refractivity contribution in [2.45, 2.75) is 58.2 Å². The third kappa shape index (κ3) is 4.97. The van der Waals surface area contributed by atoms with Gasteiger partial charge in [-0.05, 0) is 51.8 Å². The van der Waals surface area contributed by atoms with Crippen molar-refractivity contribution in [2.75, 3.05) is 14.2 Å². The van der Waals surface area contributed by atoms with Gasteiger partial charge in [-0.15, -0.1) is 0 Å². The predicted molar refractivity (Wildman–Crippen MR) is 115 cm³/mol. The fourth-order valence-corrected chi connectivity index (χ4v) is 4.92. The van der Waals surface area contributed by atoms with Gasteiger partial charge in [-0.1, -0.05) is 35.1 Å². The molecule has 0 bridgehead atoms. The highest BCUT2D eigenvalue weighted by atomic mass is 28.4. The van der Waals surface area contributed by atoms with Crippen LogP contribution in [0.2, 0.25) is 39.3 Å². The molecule has 0 radical (unpaired) electrons. The molecule has 0 saturated heterocycles. The number of carbonyl (C=O) groups is 2. The van der Waals surface area contributed by atoms with E-state index in [1.54, 1.807) is 0 Å². The van der Waals surface area contributed by atoms with Crippen molar-refractivity contribution in [2.24, 2.45) is 5.41 Å². The number of carbonyl (C=O) groups excluding carboxylic acids is 2.